The van der Waals surface area contributed by atoms with Gasteiger partial charge < -0.3 is 18.9 Å². The highest BCUT2D eigenvalue weighted by atomic mass is 32.2. The Bertz CT molecular complexity index is 2190. The van der Waals surface area contributed by atoms with Crippen molar-refractivity contribution in [3.63, 3.8) is 0 Å². The van der Waals surface area contributed by atoms with Crippen molar-refractivity contribution in [1.29, 1.82) is 0 Å². The lowest BCUT2D eigenvalue weighted by molar-refractivity contribution is 0.0964. The molecule has 1 amide bonds. The van der Waals surface area contributed by atoms with E-state index in [0.29, 0.717) is 33.4 Å². The summed E-state index contributed by atoms with van der Waals surface area (Å²) in [6.07, 6.45) is 1.06. The van der Waals surface area contributed by atoms with Crippen LogP contribution < -0.4 is 14.4 Å². The van der Waals surface area contributed by atoms with Gasteiger partial charge in [-0.1, -0.05) is 12.1 Å². The summed E-state index contributed by atoms with van der Waals surface area (Å²) >= 11 is 0. The molecule has 12 heteroatoms. The van der Waals surface area contributed by atoms with E-state index in [0.717, 1.165) is 10.6 Å². The first-order valence-corrected chi connectivity index (χ1v) is 15.1. The summed E-state index contributed by atoms with van der Waals surface area (Å²) in [4.78, 5) is 17.5. The number of methoxy groups -OCH3 is 1. The van der Waals surface area contributed by atoms with E-state index >= 15 is 0 Å². The molecule has 44 heavy (non-hydrogen) atoms. The van der Waals surface area contributed by atoms with Crippen molar-refractivity contribution in [2.45, 2.75) is 0 Å². The maximum atomic E-state index is 14.4. The van der Waals surface area contributed by atoms with Gasteiger partial charge >= 0.3 is 0 Å². The molecular formula is C32H25F2N3O6S. The van der Waals surface area contributed by atoms with E-state index in [1.165, 1.54) is 63.7 Å². The molecule has 6 aromatic rings. The highest BCUT2D eigenvalue weighted by Crippen LogP contribution is 2.43. The number of amides is 1. The second-order valence-corrected chi connectivity index (χ2v) is 12.0. The average molecular weight is 618 g/mol. The normalized spacial score (nSPS) is 11.7. The summed E-state index contributed by atoms with van der Waals surface area (Å²) in [7, 11) is 0.581. The Labute approximate surface area is 250 Å². The number of oxazole rings is 1. The number of nitrogens with one attached hydrogen (secondary N) is 1. The van der Waals surface area contributed by atoms with Crippen molar-refractivity contribution in [3.05, 3.63) is 90.0 Å². The van der Waals surface area contributed by atoms with Gasteiger partial charge in [0, 0.05) is 36.7 Å². The third kappa shape index (κ3) is 4.92. The number of anilines is 1. The third-order valence-electron chi connectivity index (χ3n) is 7.31. The van der Waals surface area contributed by atoms with Crippen molar-refractivity contribution < 1.29 is 35.6 Å². The van der Waals surface area contributed by atoms with E-state index in [2.05, 4.69) is 10.3 Å². The standard InChI is InChI=1S/C32H25F2N3O6S/c1-35-31(38)28-21-15-20(18-10-13-25(41-3)22(14-18)32-36-29-23(34)6-5-7-26(29)43-32)24(37(2)44(4,39)40)16-27(21)42-30(28)17-8-11-19(33)12-9-17/h5-16H,1-4H3,(H,35,38). The molecule has 0 saturated heterocycles. The minimum absolute atomic E-state index is 0.0517. The van der Waals surface area contributed by atoms with Crippen molar-refractivity contribution in [1.82, 2.24) is 10.3 Å². The van der Waals surface area contributed by atoms with Gasteiger partial charge in [0.25, 0.3) is 5.91 Å². The highest BCUT2D eigenvalue weighted by Gasteiger charge is 2.27. The Hall–Kier alpha value is -5.23. The molecule has 0 bridgehead atoms. The predicted molar refractivity (Wildman–Crippen MR) is 163 cm³/mol. The second-order valence-electron chi connectivity index (χ2n) is 10.0. The first kappa shape index (κ1) is 28.9. The van der Waals surface area contributed by atoms with Crippen LogP contribution in [0.15, 0.2) is 81.6 Å². The summed E-state index contributed by atoms with van der Waals surface area (Å²) in [5.41, 5.74) is 2.76. The molecular weight excluding hydrogens is 592 g/mol. The zero-order chi connectivity index (χ0) is 31.3. The van der Waals surface area contributed by atoms with Gasteiger partial charge in [-0.15, -0.1) is 0 Å². The monoisotopic (exact) mass is 617 g/mol. The van der Waals surface area contributed by atoms with Crippen LogP contribution in [-0.2, 0) is 10.0 Å². The molecule has 9 nitrogen and oxygen atoms in total. The average Bonchev–Trinajstić information content (AvgIpc) is 3.62. The Balaban J connectivity index is 1.64. The molecule has 0 unspecified atom stereocenters. The molecule has 2 heterocycles. The zero-order valence-electron chi connectivity index (χ0n) is 23.9. The van der Waals surface area contributed by atoms with Crippen LogP contribution in [0.3, 0.4) is 0 Å². The molecule has 0 aliphatic carbocycles. The molecule has 0 spiro atoms. The predicted octanol–water partition coefficient (Wildman–Crippen LogP) is 6.62. The van der Waals surface area contributed by atoms with Crippen LogP contribution >= 0.6 is 0 Å². The molecule has 4 aromatic carbocycles. The molecule has 6 rings (SSSR count). The van der Waals surface area contributed by atoms with Gasteiger partial charge in [-0.25, -0.2) is 22.2 Å². The molecule has 2 aromatic heterocycles. The van der Waals surface area contributed by atoms with Gasteiger partial charge in [-0.05, 0) is 60.2 Å². The first-order valence-electron chi connectivity index (χ1n) is 13.3. The summed E-state index contributed by atoms with van der Waals surface area (Å²) in [5.74, 6) is -0.796. The number of ether oxygens (including phenoxy) is 1. The minimum Gasteiger partial charge on any atom is -0.496 e. The first-order chi connectivity index (χ1) is 21.0. The van der Waals surface area contributed by atoms with Gasteiger partial charge in [0.1, 0.15) is 28.4 Å². The molecule has 0 saturated carbocycles. The van der Waals surface area contributed by atoms with Crippen molar-refractivity contribution in [2.24, 2.45) is 0 Å². The smallest absolute Gasteiger partial charge is 0.255 e. The highest BCUT2D eigenvalue weighted by molar-refractivity contribution is 7.92. The molecule has 0 aliphatic rings. The van der Waals surface area contributed by atoms with Gasteiger partial charge in [0.15, 0.2) is 11.4 Å². The number of rotatable bonds is 7. The Morgan fingerprint density at radius 2 is 1.66 bits per heavy atom. The number of hydrogen-bond acceptors (Lipinski definition) is 7. The van der Waals surface area contributed by atoms with Crippen molar-refractivity contribution in [2.75, 3.05) is 31.8 Å². The molecule has 0 aliphatic heterocycles. The summed E-state index contributed by atoms with van der Waals surface area (Å²) in [6.45, 7) is 0. The number of aromatic nitrogens is 1. The number of carbonyl (C=O) groups is 1. The molecule has 0 fully saturated rings. The fourth-order valence-corrected chi connectivity index (χ4v) is 5.54. The van der Waals surface area contributed by atoms with Gasteiger partial charge in [0.05, 0.1) is 30.2 Å². The van der Waals surface area contributed by atoms with Crippen LogP contribution in [0.1, 0.15) is 10.4 Å². The Morgan fingerprint density at radius 1 is 0.932 bits per heavy atom. The number of nitrogens with zero attached hydrogens (tertiary/aromatic N) is 2. The topological polar surface area (TPSA) is 115 Å². The second kappa shape index (κ2) is 10.8. The van der Waals surface area contributed by atoms with Crippen molar-refractivity contribution in [3.8, 4) is 39.7 Å². The van der Waals surface area contributed by atoms with E-state index in [-0.39, 0.29) is 39.6 Å². The minimum atomic E-state index is -3.76. The number of carbonyl (C=O) groups excluding carboxylic acids is 1. The molecule has 1 N–H and O–H groups in total. The van der Waals surface area contributed by atoms with Crippen LogP contribution in [0, 0.1) is 11.6 Å². The molecule has 224 valence electrons. The Kier molecular flexibility index (Phi) is 7.08. The summed E-state index contributed by atoms with van der Waals surface area (Å²) < 4.78 is 72.3. The number of para-hydroxylation sites is 1. The van der Waals surface area contributed by atoms with Crippen LogP contribution in [0.5, 0.6) is 5.75 Å². The van der Waals surface area contributed by atoms with Crippen LogP contribution in [0.4, 0.5) is 14.5 Å². The van der Waals surface area contributed by atoms with E-state index in [4.69, 9.17) is 13.6 Å². The maximum Gasteiger partial charge on any atom is 0.255 e. The lowest BCUT2D eigenvalue weighted by Gasteiger charge is -2.21. The Morgan fingerprint density at radius 3 is 2.32 bits per heavy atom. The lowest BCUT2D eigenvalue weighted by Crippen LogP contribution is -2.25. The largest absolute Gasteiger partial charge is 0.496 e. The van der Waals surface area contributed by atoms with E-state index in [9.17, 15) is 22.0 Å². The zero-order valence-corrected chi connectivity index (χ0v) is 24.8. The fourth-order valence-electron chi connectivity index (χ4n) is 5.03. The number of furan rings is 1. The van der Waals surface area contributed by atoms with Gasteiger partial charge in [0.2, 0.25) is 15.9 Å². The van der Waals surface area contributed by atoms with Gasteiger partial charge in [-0.2, -0.15) is 0 Å². The van der Waals surface area contributed by atoms with Crippen LogP contribution in [0.2, 0.25) is 0 Å². The van der Waals surface area contributed by atoms with E-state index in [1.807, 2.05) is 0 Å². The number of fused-ring (bicyclic) bond motifs is 2. The summed E-state index contributed by atoms with van der Waals surface area (Å²) in [5, 5.41) is 3.01. The van der Waals surface area contributed by atoms with E-state index < -0.39 is 27.6 Å². The number of hydrogen-bond donors (Lipinski definition) is 1. The number of benzene rings is 4. The SMILES string of the molecule is CNC(=O)c1c(-c2ccc(F)cc2)oc2cc(N(C)S(C)(=O)=O)c(-c3ccc(OC)c(-c4nc5c(F)cccc5o4)c3)cc12. The number of sulfonamides is 1. The van der Waals surface area contributed by atoms with Gasteiger partial charge in [-0.3, -0.25) is 9.10 Å². The van der Waals surface area contributed by atoms with Crippen LogP contribution in [-0.4, -0.2) is 46.8 Å². The van der Waals surface area contributed by atoms with Crippen molar-refractivity contribution >= 4 is 43.7 Å². The van der Waals surface area contributed by atoms with Crippen LogP contribution in [0.25, 0.3) is 56.0 Å². The molecule has 0 atom stereocenters. The lowest BCUT2D eigenvalue weighted by atomic mass is 9.97. The maximum absolute atomic E-state index is 14.4. The third-order valence-corrected chi connectivity index (χ3v) is 8.51. The fraction of sp³-hybridized carbons (Fsp3) is 0.125. The number of halogens is 2. The molecule has 0 radical (unpaired) electrons. The summed E-state index contributed by atoms with van der Waals surface area (Å²) in [6, 6.07) is 18.1. The van der Waals surface area contributed by atoms with E-state index in [1.54, 1.807) is 30.3 Å². The quantitative estimate of drug-likeness (QED) is 0.214.